The summed E-state index contributed by atoms with van der Waals surface area (Å²) in [5.41, 5.74) is 1.43. The summed E-state index contributed by atoms with van der Waals surface area (Å²) in [7, 11) is 1.87. The van der Waals surface area contributed by atoms with Crippen LogP contribution < -0.4 is 10.9 Å². The SMILES string of the molecule is Cc1c([C@H]2OCC[C@@H]2NC(=O)c2cc3ccccc3c(=O)o2)cnn1C. The predicted octanol–water partition coefficient (Wildman–Crippen LogP) is 2.09. The van der Waals surface area contributed by atoms with Crippen molar-refractivity contribution >= 4 is 16.7 Å². The van der Waals surface area contributed by atoms with Crippen LogP contribution in [0.25, 0.3) is 10.8 Å². The number of fused-ring (bicyclic) bond motifs is 1. The molecule has 2 atom stereocenters. The third-order valence-corrected chi connectivity index (χ3v) is 4.88. The Morgan fingerprint density at radius 1 is 1.35 bits per heavy atom. The van der Waals surface area contributed by atoms with Crippen LogP contribution in [0.4, 0.5) is 0 Å². The number of aromatic nitrogens is 2. The molecule has 1 N–H and O–H groups in total. The number of ether oxygens (including phenoxy) is 1. The van der Waals surface area contributed by atoms with Crippen LogP contribution in [0.3, 0.4) is 0 Å². The average Bonchev–Trinajstić information content (AvgIpc) is 3.22. The number of carbonyl (C=O) groups is 1. The van der Waals surface area contributed by atoms with Gasteiger partial charge in [0.1, 0.15) is 6.10 Å². The highest BCUT2D eigenvalue weighted by molar-refractivity contribution is 5.95. The van der Waals surface area contributed by atoms with E-state index >= 15 is 0 Å². The van der Waals surface area contributed by atoms with E-state index in [4.69, 9.17) is 9.15 Å². The molecule has 3 heterocycles. The minimum atomic E-state index is -0.518. The van der Waals surface area contributed by atoms with Crippen LogP contribution in [0.1, 0.15) is 34.3 Å². The van der Waals surface area contributed by atoms with Crippen molar-refractivity contribution < 1.29 is 13.9 Å². The van der Waals surface area contributed by atoms with Gasteiger partial charge in [0, 0.05) is 24.9 Å². The molecule has 7 nitrogen and oxygen atoms in total. The maximum atomic E-state index is 12.6. The van der Waals surface area contributed by atoms with Crippen molar-refractivity contribution in [3.05, 3.63) is 64.0 Å². The van der Waals surface area contributed by atoms with E-state index in [1.807, 2.05) is 20.0 Å². The van der Waals surface area contributed by atoms with Gasteiger partial charge in [0.05, 0.1) is 17.6 Å². The van der Waals surface area contributed by atoms with Crippen molar-refractivity contribution in [2.75, 3.05) is 6.61 Å². The quantitative estimate of drug-likeness (QED) is 0.779. The van der Waals surface area contributed by atoms with Crippen molar-refractivity contribution in [1.82, 2.24) is 15.1 Å². The Morgan fingerprint density at radius 2 is 2.15 bits per heavy atom. The molecular weight excluding hydrogens is 334 g/mol. The Labute approximate surface area is 149 Å². The Hall–Kier alpha value is -2.93. The highest BCUT2D eigenvalue weighted by Crippen LogP contribution is 2.31. The summed E-state index contributed by atoms with van der Waals surface area (Å²) in [5, 5.41) is 8.31. The smallest absolute Gasteiger partial charge is 0.344 e. The van der Waals surface area contributed by atoms with Crippen molar-refractivity contribution in [2.45, 2.75) is 25.5 Å². The first-order valence-corrected chi connectivity index (χ1v) is 8.48. The topological polar surface area (TPSA) is 86.4 Å². The molecule has 0 radical (unpaired) electrons. The van der Waals surface area contributed by atoms with Gasteiger partial charge in [0.15, 0.2) is 5.76 Å². The van der Waals surface area contributed by atoms with Gasteiger partial charge in [0.2, 0.25) is 0 Å². The van der Waals surface area contributed by atoms with E-state index in [1.54, 1.807) is 35.1 Å². The molecule has 1 aromatic carbocycles. The Morgan fingerprint density at radius 3 is 2.92 bits per heavy atom. The summed E-state index contributed by atoms with van der Waals surface area (Å²) in [4.78, 5) is 24.7. The van der Waals surface area contributed by atoms with Crippen molar-refractivity contribution in [3.63, 3.8) is 0 Å². The molecule has 3 aromatic rings. The predicted molar refractivity (Wildman–Crippen MR) is 95.0 cm³/mol. The number of benzene rings is 1. The second-order valence-electron chi connectivity index (χ2n) is 6.45. The molecular formula is C19H19N3O4. The molecule has 4 rings (SSSR count). The largest absolute Gasteiger partial charge is 0.417 e. The zero-order chi connectivity index (χ0) is 18.3. The van der Waals surface area contributed by atoms with Crippen LogP contribution in [-0.4, -0.2) is 28.3 Å². The first kappa shape index (κ1) is 16.5. The zero-order valence-corrected chi connectivity index (χ0v) is 14.6. The monoisotopic (exact) mass is 353 g/mol. The van der Waals surface area contributed by atoms with Crippen molar-refractivity contribution in [1.29, 1.82) is 0 Å². The maximum absolute atomic E-state index is 12.6. The molecule has 134 valence electrons. The van der Waals surface area contributed by atoms with Crippen LogP contribution in [-0.2, 0) is 11.8 Å². The lowest BCUT2D eigenvalue weighted by molar-refractivity contribution is 0.0796. The van der Waals surface area contributed by atoms with Crippen molar-refractivity contribution in [3.8, 4) is 0 Å². The summed E-state index contributed by atoms with van der Waals surface area (Å²) in [5.74, 6) is -0.419. The molecule has 1 aliphatic rings. The first-order valence-electron chi connectivity index (χ1n) is 8.48. The van der Waals surface area contributed by atoms with E-state index < -0.39 is 11.5 Å². The summed E-state index contributed by atoms with van der Waals surface area (Å²) in [6.07, 6.45) is 2.18. The Balaban J connectivity index is 1.59. The molecule has 1 fully saturated rings. The molecule has 26 heavy (non-hydrogen) atoms. The van der Waals surface area contributed by atoms with Gasteiger partial charge >= 0.3 is 5.63 Å². The number of aryl methyl sites for hydroxylation is 1. The van der Waals surface area contributed by atoms with E-state index in [-0.39, 0.29) is 17.9 Å². The number of amides is 1. The number of carbonyl (C=O) groups excluding carboxylic acids is 1. The lowest BCUT2D eigenvalue weighted by Crippen LogP contribution is -2.37. The molecule has 7 heteroatoms. The van der Waals surface area contributed by atoms with Crippen LogP contribution in [0.15, 0.2) is 45.7 Å². The van der Waals surface area contributed by atoms with Gasteiger partial charge in [-0.15, -0.1) is 0 Å². The minimum Gasteiger partial charge on any atom is -0.417 e. The Kier molecular flexibility index (Phi) is 4.08. The standard InChI is InChI=1S/C19H19N3O4/c1-11-14(10-20-22(11)2)17-15(7-8-25-17)21-18(23)16-9-12-5-3-4-6-13(12)19(24)26-16/h3-6,9-10,15,17H,7-8H2,1-2H3,(H,21,23)/t15-,17+/m0/s1. The molecule has 1 aliphatic heterocycles. The maximum Gasteiger partial charge on any atom is 0.344 e. The van der Waals surface area contributed by atoms with Crippen LogP contribution in [0, 0.1) is 6.92 Å². The Bertz CT molecular complexity index is 1040. The third kappa shape index (κ3) is 2.80. The molecule has 0 bridgehead atoms. The minimum absolute atomic E-state index is 0.00209. The second-order valence-corrected chi connectivity index (χ2v) is 6.45. The van der Waals surface area contributed by atoms with Gasteiger partial charge < -0.3 is 14.5 Å². The van der Waals surface area contributed by atoms with Gasteiger partial charge in [-0.1, -0.05) is 18.2 Å². The number of nitrogens with zero attached hydrogens (tertiary/aromatic N) is 2. The molecule has 2 aromatic heterocycles. The average molecular weight is 353 g/mol. The van der Waals surface area contributed by atoms with Gasteiger partial charge in [-0.05, 0) is 30.9 Å². The van der Waals surface area contributed by atoms with Gasteiger partial charge in [0.25, 0.3) is 5.91 Å². The summed E-state index contributed by atoms with van der Waals surface area (Å²) < 4.78 is 12.8. The van der Waals surface area contributed by atoms with Crippen LogP contribution >= 0.6 is 0 Å². The third-order valence-electron chi connectivity index (χ3n) is 4.88. The molecule has 0 spiro atoms. The molecule has 0 unspecified atom stereocenters. The molecule has 1 amide bonds. The van der Waals surface area contributed by atoms with E-state index in [0.717, 1.165) is 11.3 Å². The number of rotatable bonds is 3. The fourth-order valence-electron chi connectivity index (χ4n) is 3.32. The molecule has 0 saturated carbocycles. The summed E-state index contributed by atoms with van der Waals surface area (Å²) in [6, 6.07) is 8.41. The van der Waals surface area contributed by atoms with Crippen LogP contribution in [0.5, 0.6) is 0 Å². The zero-order valence-electron chi connectivity index (χ0n) is 14.6. The molecule has 0 aliphatic carbocycles. The summed E-state index contributed by atoms with van der Waals surface area (Å²) >= 11 is 0. The number of hydrogen-bond donors (Lipinski definition) is 1. The fraction of sp³-hybridized carbons (Fsp3) is 0.316. The molecule has 1 saturated heterocycles. The van der Waals surface area contributed by atoms with E-state index in [1.165, 1.54) is 0 Å². The van der Waals surface area contributed by atoms with Gasteiger partial charge in [-0.25, -0.2) is 4.79 Å². The fourth-order valence-corrected chi connectivity index (χ4v) is 3.32. The summed E-state index contributed by atoms with van der Waals surface area (Å²) in [6.45, 7) is 2.51. The number of nitrogens with one attached hydrogen (secondary N) is 1. The van der Waals surface area contributed by atoms with E-state index in [0.29, 0.717) is 23.8 Å². The number of hydrogen-bond acceptors (Lipinski definition) is 5. The van der Waals surface area contributed by atoms with E-state index in [9.17, 15) is 9.59 Å². The lowest BCUT2D eigenvalue weighted by atomic mass is 10.0. The van der Waals surface area contributed by atoms with Gasteiger partial charge in [-0.3, -0.25) is 9.48 Å². The highest BCUT2D eigenvalue weighted by Gasteiger charge is 2.33. The normalized spacial score (nSPS) is 19.8. The van der Waals surface area contributed by atoms with Gasteiger partial charge in [-0.2, -0.15) is 5.10 Å². The van der Waals surface area contributed by atoms with E-state index in [2.05, 4.69) is 10.4 Å². The second kappa shape index (κ2) is 6.42. The van der Waals surface area contributed by atoms with Crippen LogP contribution in [0.2, 0.25) is 0 Å². The van der Waals surface area contributed by atoms with Crippen molar-refractivity contribution in [2.24, 2.45) is 7.05 Å². The highest BCUT2D eigenvalue weighted by atomic mass is 16.5. The first-order chi connectivity index (χ1) is 12.5. The lowest BCUT2D eigenvalue weighted by Gasteiger charge is -2.19.